The summed E-state index contributed by atoms with van der Waals surface area (Å²) in [6, 6.07) is 9.92. The first-order chi connectivity index (χ1) is 14.2. The first-order valence-corrected chi connectivity index (χ1v) is 10.8. The molecule has 156 valence electrons. The van der Waals surface area contributed by atoms with Crippen molar-refractivity contribution in [1.29, 1.82) is 0 Å². The summed E-state index contributed by atoms with van der Waals surface area (Å²) in [5.74, 6) is 0.546. The first-order valence-electron chi connectivity index (χ1n) is 9.94. The molecule has 1 amide bonds. The predicted octanol–water partition coefficient (Wildman–Crippen LogP) is 1.80. The molecular formula is C21H29N5O2S. The van der Waals surface area contributed by atoms with Gasteiger partial charge in [-0.2, -0.15) is 0 Å². The lowest BCUT2D eigenvalue weighted by Crippen LogP contribution is -2.47. The van der Waals surface area contributed by atoms with Crippen molar-refractivity contribution >= 4 is 23.2 Å². The van der Waals surface area contributed by atoms with E-state index in [0.717, 1.165) is 23.5 Å². The van der Waals surface area contributed by atoms with Gasteiger partial charge in [-0.15, -0.1) is 11.3 Å². The number of nitrogens with one attached hydrogen (secondary N) is 2. The summed E-state index contributed by atoms with van der Waals surface area (Å²) < 4.78 is 5.39. The SMILES string of the molecule is CN=C(NCCc1ncc(C)s1)NCC(C(=O)N1CCOCC1)c1ccccc1. The van der Waals surface area contributed by atoms with Crippen LogP contribution < -0.4 is 10.6 Å². The van der Waals surface area contributed by atoms with Crippen LogP contribution in [0.3, 0.4) is 0 Å². The third-order valence-electron chi connectivity index (χ3n) is 4.82. The standard InChI is InChI=1S/C21H29N5O2S/c1-16-14-24-19(29-16)8-9-23-21(22-2)25-15-18(17-6-4-3-5-7-17)20(27)26-10-12-28-13-11-26/h3-7,14,18H,8-13,15H2,1-2H3,(H2,22,23,25). The summed E-state index contributed by atoms with van der Waals surface area (Å²) in [6.45, 7) is 5.76. The van der Waals surface area contributed by atoms with E-state index in [0.29, 0.717) is 38.8 Å². The predicted molar refractivity (Wildman–Crippen MR) is 117 cm³/mol. The summed E-state index contributed by atoms with van der Waals surface area (Å²) in [5, 5.41) is 7.74. The number of amides is 1. The summed E-state index contributed by atoms with van der Waals surface area (Å²) in [6.07, 6.45) is 2.74. The van der Waals surface area contributed by atoms with E-state index in [-0.39, 0.29) is 11.8 Å². The minimum absolute atomic E-state index is 0.126. The Morgan fingerprint density at radius 1 is 1.28 bits per heavy atom. The summed E-state index contributed by atoms with van der Waals surface area (Å²) >= 11 is 1.71. The van der Waals surface area contributed by atoms with Crippen molar-refractivity contribution in [1.82, 2.24) is 20.5 Å². The van der Waals surface area contributed by atoms with Crippen molar-refractivity contribution in [3.8, 4) is 0 Å². The van der Waals surface area contributed by atoms with Gasteiger partial charge in [-0.25, -0.2) is 4.98 Å². The monoisotopic (exact) mass is 415 g/mol. The van der Waals surface area contributed by atoms with Crippen LogP contribution in [0.2, 0.25) is 0 Å². The van der Waals surface area contributed by atoms with Gasteiger partial charge >= 0.3 is 0 Å². The average Bonchev–Trinajstić information content (AvgIpc) is 3.18. The lowest BCUT2D eigenvalue weighted by Gasteiger charge is -2.31. The highest BCUT2D eigenvalue weighted by atomic mass is 32.1. The molecule has 2 heterocycles. The minimum Gasteiger partial charge on any atom is -0.378 e. The quantitative estimate of drug-likeness (QED) is 0.533. The number of guanidine groups is 1. The fourth-order valence-electron chi connectivity index (χ4n) is 3.26. The van der Waals surface area contributed by atoms with Gasteiger partial charge in [0.05, 0.1) is 24.1 Å². The van der Waals surface area contributed by atoms with E-state index in [4.69, 9.17) is 4.74 Å². The van der Waals surface area contributed by atoms with Gasteiger partial charge in [0.2, 0.25) is 5.91 Å². The second kappa shape index (κ2) is 10.9. The maximum atomic E-state index is 13.2. The molecule has 2 N–H and O–H groups in total. The number of aryl methyl sites for hydroxylation is 1. The van der Waals surface area contributed by atoms with Gasteiger partial charge in [-0.1, -0.05) is 30.3 Å². The third-order valence-corrected chi connectivity index (χ3v) is 5.79. The van der Waals surface area contributed by atoms with Crippen molar-refractivity contribution in [2.45, 2.75) is 19.3 Å². The zero-order chi connectivity index (χ0) is 20.5. The van der Waals surface area contributed by atoms with Crippen LogP contribution >= 0.6 is 11.3 Å². The van der Waals surface area contributed by atoms with Crippen LogP contribution in [-0.4, -0.2) is 68.2 Å². The Kier molecular flexibility index (Phi) is 8.01. The highest BCUT2D eigenvalue weighted by Gasteiger charge is 2.27. The number of hydrogen-bond acceptors (Lipinski definition) is 5. The van der Waals surface area contributed by atoms with E-state index in [2.05, 4.69) is 27.5 Å². The molecule has 1 aromatic carbocycles. The Morgan fingerprint density at radius 2 is 2.03 bits per heavy atom. The fraction of sp³-hybridized carbons (Fsp3) is 0.476. The molecule has 29 heavy (non-hydrogen) atoms. The van der Waals surface area contributed by atoms with E-state index in [1.807, 2.05) is 41.4 Å². The molecule has 1 unspecified atom stereocenters. The first kappa shape index (κ1) is 21.3. The number of thiazole rings is 1. The largest absolute Gasteiger partial charge is 0.378 e. The molecule has 0 radical (unpaired) electrons. The Bertz CT molecular complexity index is 802. The van der Waals surface area contributed by atoms with E-state index in [1.165, 1.54) is 4.88 Å². The Hall–Kier alpha value is -2.45. The van der Waals surface area contributed by atoms with Crippen molar-refractivity contribution in [2.24, 2.45) is 4.99 Å². The summed E-state index contributed by atoms with van der Waals surface area (Å²) in [4.78, 5) is 25.0. The smallest absolute Gasteiger partial charge is 0.232 e. The lowest BCUT2D eigenvalue weighted by molar-refractivity contribution is -0.136. The number of hydrogen-bond donors (Lipinski definition) is 2. The van der Waals surface area contributed by atoms with Gasteiger partial charge in [0.25, 0.3) is 0 Å². The van der Waals surface area contributed by atoms with Crippen molar-refractivity contribution < 1.29 is 9.53 Å². The third kappa shape index (κ3) is 6.27. The number of carbonyl (C=O) groups excluding carboxylic acids is 1. The van der Waals surface area contributed by atoms with Crippen LogP contribution in [-0.2, 0) is 16.0 Å². The molecule has 0 spiro atoms. The Morgan fingerprint density at radius 3 is 2.69 bits per heavy atom. The maximum Gasteiger partial charge on any atom is 0.232 e. The molecule has 0 aliphatic carbocycles. The minimum atomic E-state index is -0.269. The van der Waals surface area contributed by atoms with Crippen LogP contribution in [0, 0.1) is 6.92 Å². The molecule has 0 bridgehead atoms. The molecule has 1 aliphatic rings. The second-order valence-corrected chi connectivity index (χ2v) is 8.21. The zero-order valence-electron chi connectivity index (χ0n) is 17.1. The van der Waals surface area contributed by atoms with E-state index < -0.39 is 0 Å². The van der Waals surface area contributed by atoms with Gasteiger partial charge < -0.3 is 20.3 Å². The summed E-state index contributed by atoms with van der Waals surface area (Å²) in [7, 11) is 1.74. The number of morpholine rings is 1. The Labute approximate surface area is 176 Å². The highest BCUT2D eigenvalue weighted by molar-refractivity contribution is 7.11. The van der Waals surface area contributed by atoms with E-state index in [1.54, 1.807) is 18.4 Å². The van der Waals surface area contributed by atoms with E-state index >= 15 is 0 Å². The van der Waals surface area contributed by atoms with Gasteiger partial charge in [-0.05, 0) is 12.5 Å². The van der Waals surface area contributed by atoms with Gasteiger partial charge in [0.1, 0.15) is 0 Å². The number of benzene rings is 1. The maximum absolute atomic E-state index is 13.2. The topological polar surface area (TPSA) is 78.8 Å². The molecule has 8 heteroatoms. The molecular weight excluding hydrogens is 386 g/mol. The normalized spacial score (nSPS) is 15.8. The number of nitrogens with zero attached hydrogens (tertiary/aromatic N) is 3. The van der Waals surface area contributed by atoms with Gasteiger partial charge in [-0.3, -0.25) is 9.79 Å². The van der Waals surface area contributed by atoms with Crippen molar-refractivity contribution in [3.63, 3.8) is 0 Å². The van der Waals surface area contributed by atoms with Crippen LogP contribution in [0.15, 0.2) is 41.5 Å². The van der Waals surface area contributed by atoms with Crippen LogP contribution in [0.5, 0.6) is 0 Å². The van der Waals surface area contributed by atoms with Gasteiger partial charge in [0.15, 0.2) is 5.96 Å². The fourth-order valence-corrected chi connectivity index (χ4v) is 4.05. The van der Waals surface area contributed by atoms with Crippen molar-refractivity contribution in [3.05, 3.63) is 52.0 Å². The van der Waals surface area contributed by atoms with Crippen LogP contribution in [0.4, 0.5) is 0 Å². The zero-order valence-corrected chi connectivity index (χ0v) is 17.9. The van der Waals surface area contributed by atoms with Crippen LogP contribution in [0.1, 0.15) is 21.4 Å². The van der Waals surface area contributed by atoms with Crippen LogP contribution in [0.25, 0.3) is 0 Å². The molecule has 7 nitrogen and oxygen atoms in total. The number of ether oxygens (including phenoxy) is 1. The number of rotatable bonds is 7. The van der Waals surface area contributed by atoms with Crippen molar-refractivity contribution in [2.75, 3.05) is 46.4 Å². The Balaban J connectivity index is 1.58. The molecule has 1 aliphatic heterocycles. The molecule has 1 fully saturated rings. The number of carbonyl (C=O) groups is 1. The molecule has 1 atom stereocenters. The van der Waals surface area contributed by atoms with E-state index in [9.17, 15) is 4.79 Å². The average molecular weight is 416 g/mol. The number of aromatic nitrogens is 1. The molecule has 2 aromatic rings. The molecule has 1 aromatic heterocycles. The second-order valence-electron chi connectivity index (χ2n) is 6.90. The summed E-state index contributed by atoms with van der Waals surface area (Å²) in [5.41, 5.74) is 1.00. The molecule has 1 saturated heterocycles. The molecule has 3 rings (SSSR count). The lowest BCUT2D eigenvalue weighted by atomic mass is 9.97. The number of aliphatic imine (C=N–C) groups is 1. The van der Waals surface area contributed by atoms with Gasteiger partial charge in [0, 0.05) is 50.7 Å². The molecule has 0 saturated carbocycles. The highest BCUT2D eigenvalue weighted by Crippen LogP contribution is 2.19.